The van der Waals surface area contributed by atoms with Gasteiger partial charge in [0.05, 0.1) is 29.9 Å². The Bertz CT molecular complexity index is 885. The largest absolute Gasteiger partial charge is 0.426 e. The SMILES string of the molecule is C[C@@H](CO)Nc1ncc2c(n1)CN(OC(=O)N[C@H](C)c1ccc(Cl)c(F)c1)CC2. The molecule has 0 saturated carbocycles. The van der Waals surface area contributed by atoms with Crippen LogP contribution in [0, 0.1) is 5.82 Å². The molecule has 1 amide bonds. The first-order valence-corrected chi connectivity index (χ1v) is 9.64. The van der Waals surface area contributed by atoms with Crippen LogP contribution >= 0.6 is 11.6 Å². The lowest BCUT2D eigenvalue weighted by Crippen LogP contribution is -2.38. The second-order valence-corrected chi connectivity index (χ2v) is 7.33. The molecule has 0 unspecified atom stereocenters. The molecular weight excluding hydrogens is 401 g/mol. The maximum Gasteiger partial charge on any atom is 0.426 e. The van der Waals surface area contributed by atoms with E-state index in [4.69, 9.17) is 21.5 Å². The molecule has 0 spiro atoms. The van der Waals surface area contributed by atoms with Crippen molar-refractivity contribution in [1.29, 1.82) is 0 Å². The minimum atomic E-state index is -0.641. The molecule has 2 aromatic rings. The fourth-order valence-electron chi connectivity index (χ4n) is 2.88. The third-order valence-electron chi connectivity index (χ3n) is 4.55. The number of nitrogens with one attached hydrogen (secondary N) is 2. The number of aromatic nitrogens is 2. The van der Waals surface area contributed by atoms with Crippen LogP contribution in [0.15, 0.2) is 24.4 Å². The number of hydroxylamine groups is 2. The average molecular weight is 424 g/mol. The Balaban J connectivity index is 1.58. The molecule has 8 nitrogen and oxygen atoms in total. The Labute approximate surface area is 173 Å². The number of hydrogen-bond donors (Lipinski definition) is 3. The van der Waals surface area contributed by atoms with Crippen LogP contribution in [0.2, 0.25) is 5.02 Å². The van der Waals surface area contributed by atoms with Crippen molar-refractivity contribution in [2.24, 2.45) is 0 Å². The number of benzene rings is 1. The van der Waals surface area contributed by atoms with Gasteiger partial charge in [0.2, 0.25) is 5.95 Å². The van der Waals surface area contributed by atoms with Crippen molar-refractivity contribution in [2.75, 3.05) is 18.5 Å². The number of anilines is 1. The van der Waals surface area contributed by atoms with Gasteiger partial charge < -0.3 is 20.6 Å². The number of aliphatic hydroxyl groups excluding tert-OH is 1. The molecular formula is C19H23ClFN5O3. The molecule has 0 fully saturated rings. The van der Waals surface area contributed by atoms with Crippen molar-refractivity contribution < 1.29 is 19.1 Å². The van der Waals surface area contributed by atoms with Gasteiger partial charge in [-0.15, -0.1) is 5.06 Å². The molecule has 2 heterocycles. The third-order valence-corrected chi connectivity index (χ3v) is 4.86. The van der Waals surface area contributed by atoms with Crippen molar-refractivity contribution in [3.63, 3.8) is 0 Å². The Morgan fingerprint density at radius 1 is 1.45 bits per heavy atom. The molecule has 1 aromatic carbocycles. The number of carbonyl (C=O) groups is 1. The fourth-order valence-corrected chi connectivity index (χ4v) is 3.00. The smallest absolute Gasteiger partial charge is 0.394 e. The topological polar surface area (TPSA) is 99.6 Å². The fraction of sp³-hybridized carbons (Fsp3) is 0.421. The normalized spacial score (nSPS) is 15.9. The summed E-state index contributed by atoms with van der Waals surface area (Å²) in [4.78, 5) is 26.3. The van der Waals surface area contributed by atoms with Gasteiger partial charge >= 0.3 is 6.09 Å². The molecule has 2 atom stereocenters. The molecule has 1 aliphatic heterocycles. The second-order valence-electron chi connectivity index (χ2n) is 6.93. The molecule has 1 aromatic heterocycles. The van der Waals surface area contributed by atoms with E-state index in [1.807, 2.05) is 6.92 Å². The van der Waals surface area contributed by atoms with Crippen LogP contribution in [-0.4, -0.2) is 45.4 Å². The number of aliphatic hydroxyl groups is 1. The van der Waals surface area contributed by atoms with Crippen LogP contribution in [-0.2, 0) is 17.8 Å². The summed E-state index contributed by atoms with van der Waals surface area (Å²) in [5.74, 6) is -0.131. The molecule has 0 radical (unpaired) electrons. The van der Waals surface area contributed by atoms with E-state index in [9.17, 15) is 9.18 Å². The zero-order chi connectivity index (χ0) is 21.0. The number of fused-ring (bicyclic) bond motifs is 1. The molecule has 0 saturated heterocycles. The summed E-state index contributed by atoms with van der Waals surface area (Å²) in [7, 11) is 0. The number of rotatable bonds is 6. The minimum Gasteiger partial charge on any atom is -0.394 e. The van der Waals surface area contributed by atoms with Gasteiger partial charge in [-0.1, -0.05) is 17.7 Å². The summed E-state index contributed by atoms with van der Waals surface area (Å²) in [6.45, 7) is 4.33. The average Bonchev–Trinajstić information content (AvgIpc) is 2.69. The molecule has 1 aliphatic rings. The zero-order valence-corrected chi connectivity index (χ0v) is 16.9. The van der Waals surface area contributed by atoms with E-state index < -0.39 is 18.0 Å². The second kappa shape index (κ2) is 9.34. The van der Waals surface area contributed by atoms with Crippen LogP contribution in [0.25, 0.3) is 0 Å². The lowest BCUT2D eigenvalue weighted by molar-refractivity contribution is -0.112. The maximum absolute atomic E-state index is 13.6. The first-order chi connectivity index (χ1) is 13.9. The van der Waals surface area contributed by atoms with E-state index in [0.29, 0.717) is 31.0 Å². The molecule has 0 bridgehead atoms. The Morgan fingerprint density at radius 3 is 2.97 bits per heavy atom. The van der Waals surface area contributed by atoms with E-state index in [-0.39, 0.29) is 17.7 Å². The molecule has 29 heavy (non-hydrogen) atoms. The number of nitrogens with zero attached hydrogens (tertiary/aromatic N) is 3. The summed E-state index contributed by atoms with van der Waals surface area (Å²) >= 11 is 5.69. The summed E-state index contributed by atoms with van der Waals surface area (Å²) in [6.07, 6.45) is 1.73. The highest BCUT2D eigenvalue weighted by molar-refractivity contribution is 6.30. The Hall–Kier alpha value is -2.49. The van der Waals surface area contributed by atoms with Gasteiger partial charge in [-0.05, 0) is 43.5 Å². The predicted octanol–water partition coefficient (Wildman–Crippen LogP) is 2.82. The van der Waals surface area contributed by atoms with E-state index in [1.165, 1.54) is 17.2 Å². The number of halogens is 2. The monoisotopic (exact) mass is 423 g/mol. The molecule has 156 valence electrons. The van der Waals surface area contributed by atoms with Crippen LogP contribution in [0.4, 0.5) is 15.1 Å². The van der Waals surface area contributed by atoms with Gasteiger partial charge in [0.15, 0.2) is 0 Å². The van der Waals surface area contributed by atoms with E-state index in [2.05, 4.69) is 20.6 Å². The van der Waals surface area contributed by atoms with Crippen molar-refractivity contribution in [1.82, 2.24) is 20.3 Å². The lowest BCUT2D eigenvalue weighted by Gasteiger charge is -2.27. The summed E-state index contributed by atoms with van der Waals surface area (Å²) in [6, 6.07) is 3.74. The van der Waals surface area contributed by atoms with Crippen molar-refractivity contribution >= 4 is 23.6 Å². The Kier molecular flexibility index (Phi) is 6.83. The standard InChI is InChI=1S/C19H23ClFN5O3/c1-11(10-27)23-18-22-8-14-5-6-26(9-17(14)25-18)29-19(28)24-12(2)13-3-4-15(20)16(21)7-13/h3-4,7-8,11-12,27H,5-6,9-10H2,1-2H3,(H,24,28)(H,22,23,25)/t11-,12+/m0/s1. The van der Waals surface area contributed by atoms with Gasteiger partial charge in [-0.25, -0.2) is 19.2 Å². The maximum atomic E-state index is 13.6. The number of carbonyl (C=O) groups excluding carboxylic acids is 1. The highest BCUT2D eigenvalue weighted by Crippen LogP contribution is 2.21. The van der Waals surface area contributed by atoms with Gasteiger partial charge in [-0.3, -0.25) is 0 Å². The van der Waals surface area contributed by atoms with Crippen LogP contribution < -0.4 is 10.6 Å². The molecule has 3 N–H and O–H groups in total. The number of amides is 1. The van der Waals surface area contributed by atoms with Crippen molar-refractivity contribution in [3.05, 3.63) is 52.1 Å². The Morgan fingerprint density at radius 2 is 2.24 bits per heavy atom. The quantitative estimate of drug-likeness (QED) is 0.656. The summed E-state index contributed by atoms with van der Waals surface area (Å²) in [5.41, 5.74) is 2.31. The molecule has 0 aliphatic carbocycles. The van der Waals surface area contributed by atoms with Crippen molar-refractivity contribution in [3.8, 4) is 0 Å². The van der Waals surface area contributed by atoms with Gasteiger partial charge in [0.25, 0.3) is 0 Å². The summed E-state index contributed by atoms with van der Waals surface area (Å²) < 4.78 is 13.6. The van der Waals surface area contributed by atoms with Crippen molar-refractivity contribution in [2.45, 2.75) is 38.9 Å². The highest BCUT2D eigenvalue weighted by Gasteiger charge is 2.23. The zero-order valence-electron chi connectivity index (χ0n) is 16.2. The van der Waals surface area contributed by atoms with Gasteiger partial charge in [-0.2, -0.15) is 0 Å². The van der Waals surface area contributed by atoms with Crippen LogP contribution in [0.3, 0.4) is 0 Å². The van der Waals surface area contributed by atoms with Crippen LogP contribution in [0.5, 0.6) is 0 Å². The van der Waals surface area contributed by atoms with E-state index >= 15 is 0 Å². The van der Waals surface area contributed by atoms with Crippen LogP contribution in [0.1, 0.15) is 36.7 Å². The first-order valence-electron chi connectivity index (χ1n) is 9.26. The first kappa shape index (κ1) is 21.2. The van der Waals surface area contributed by atoms with Gasteiger partial charge in [0, 0.05) is 18.8 Å². The minimum absolute atomic E-state index is 0.0275. The summed E-state index contributed by atoms with van der Waals surface area (Å²) in [5, 5.41) is 16.4. The van der Waals surface area contributed by atoms with Gasteiger partial charge in [0.1, 0.15) is 5.82 Å². The molecule has 10 heteroatoms. The van der Waals surface area contributed by atoms with E-state index in [0.717, 1.165) is 11.3 Å². The molecule has 3 rings (SSSR count). The lowest BCUT2D eigenvalue weighted by atomic mass is 10.1. The number of hydrogen-bond acceptors (Lipinski definition) is 7. The third kappa shape index (κ3) is 5.53. The van der Waals surface area contributed by atoms with E-state index in [1.54, 1.807) is 19.2 Å². The predicted molar refractivity (Wildman–Crippen MR) is 106 cm³/mol. The highest BCUT2D eigenvalue weighted by atomic mass is 35.5.